The molecule has 2 aromatic rings. The second-order valence-corrected chi connectivity index (χ2v) is 6.66. The van der Waals surface area contributed by atoms with Crippen LogP contribution in [0.5, 0.6) is 5.88 Å². The second kappa shape index (κ2) is 11.5. The van der Waals surface area contributed by atoms with E-state index in [1.807, 2.05) is 0 Å². The molecule has 2 aromatic heterocycles. The van der Waals surface area contributed by atoms with Gasteiger partial charge in [0.15, 0.2) is 5.96 Å². The van der Waals surface area contributed by atoms with E-state index in [0.29, 0.717) is 42.5 Å². The van der Waals surface area contributed by atoms with E-state index in [1.165, 1.54) is 0 Å². The highest BCUT2D eigenvalue weighted by atomic mass is 127. The van der Waals surface area contributed by atoms with Gasteiger partial charge in [0, 0.05) is 18.6 Å². The number of thiazole rings is 1. The van der Waals surface area contributed by atoms with Crippen molar-refractivity contribution in [3.05, 3.63) is 39.4 Å². The Hall–Kier alpha value is -1.13. The fourth-order valence-corrected chi connectivity index (χ4v) is 2.92. The Morgan fingerprint density at radius 2 is 2.20 bits per heavy atom. The lowest BCUT2D eigenvalue weighted by atomic mass is 10.2. The SMILES string of the molecule is CN=C(NCCOc1ncccc1Cl)NCc1nc(C(C)C)cs1.I. The van der Waals surface area contributed by atoms with Crippen LogP contribution in [0.2, 0.25) is 5.02 Å². The van der Waals surface area contributed by atoms with Gasteiger partial charge < -0.3 is 15.4 Å². The number of ether oxygens (including phenoxy) is 1. The molecule has 0 aliphatic rings. The summed E-state index contributed by atoms with van der Waals surface area (Å²) in [5.74, 6) is 1.59. The lowest BCUT2D eigenvalue weighted by Gasteiger charge is -2.11. The summed E-state index contributed by atoms with van der Waals surface area (Å²) in [6.07, 6.45) is 1.65. The van der Waals surface area contributed by atoms with E-state index in [2.05, 4.69) is 44.8 Å². The van der Waals surface area contributed by atoms with Crippen LogP contribution in [-0.2, 0) is 6.54 Å². The molecule has 6 nitrogen and oxygen atoms in total. The molecule has 0 amide bonds. The van der Waals surface area contributed by atoms with Gasteiger partial charge in [0.2, 0.25) is 5.88 Å². The molecule has 0 unspecified atom stereocenters. The third kappa shape index (κ3) is 7.33. The minimum absolute atomic E-state index is 0. The average Bonchev–Trinajstić information content (AvgIpc) is 3.05. The Morgan fingerprint density at radius 1 is 1.40 bits per heavy atom. The minimum atomic E-state index is 0. The van der Waals surface area contributed by atoms with Gasteiger partial charge in [-0.2, -0.15) is 0 Å². The average molecular weight is 496 g/mol. The Morgan fingerprint density at radius 3 is 2.84 bits per heavy atom. The lowest BCUT2D eigenvalue weighted by Crippen LogP contribution is -2.38. The normalized spacial score (nSPS) is 11.2. The molecule has 0 aliphatic heterocycles. The highest BCUT2D eigenvalue weighted by Gasteiger charge is 2.06. The zero-order chi connectivity index (χ0) is 17.4. The molecule has 0 aromatic carbocycles. The molecule has 138 valence electrons. The molecule has 25 heavy (non-hydrogen) atoms. The molecule has 2 N–H and O–H groups in total. The van der Waals surface area contributed by atoms with E-state index in [1.54, 1.807) is 36.7 Å². The monoisotopic (exact) mass is 495 g/mol. The van der Waals surface area contributed by atoms with Crippen LogP contribution >= 0.6 is 46.9 Å². The predicted octanol–water partition coefficient (Wildman–Crippen LogP) is 3.68. The third-order valence-corrected chi connectivity index (χ3v) is 4.30. The number of aromatic nitrogens is 2. The number of guanidine groups is 1. The van der Waals surface area contributed by atoms with Gasteiger partial charge >= 0.3 is 0 Å². The number of aliphatic imine (C=N–C) groups is 1. The van der Waals surface area contributed by atoms with Gasteiger partial charge in [-0.05, 0) is 18.1 Å². The first kappa shape index (κ1) is 21.9. The van der Waals surface area contributed by atoms with Gasteiger partial charge in [-0.3, -0.25) is 4.99 Å². The molecule has 0 spiro atoms. The minimum Gasteiger partial charge on any atom is -0.475 e. The first-order chi connectivity index (χ1) is 11.6. The van der Waals surface area contributed by atoms with Crippen LogP contribution in [0.15, 0.2) is 28.7 Å². The number of rotatable bonds is 7. The summed E-state index contributed by atoms with van der Waals surface area (Å²) in [5, 5.41) is 10.1. The van der Waals surface area contributed by atoms with Gasteiger partial charge in [0.1, 0.15) is 16.6 Å². The summed E-state index contributed by atoms with van der Waals surface area (Å²) < 4.78 is 5.53. The predicted molar refractivity (Wildman–Crippen MR) is 115 cm³/mol. The van der Waals surface area contributed by atoms with Gasteiger partial charge in [0.05, 0.1) is 18.8 Å². The molecular weight excluding hydrogens is 473 g/mol. The Labute approximate surface area is 174 Å². The Balaban J connectivity index is 0.00000312. The quantitative estimate of drug-likeness (QED) is 0.265. The molecule has 9 heteroatoms. The van der Waals surface area contributed by atoms with Crippen molar-refractivity contribution in [3.8, 4) is 5.88 Å². The number of pyridine rings is 1. The smallest absolute Gasteiger partial charge is 0.232 e. The van der Waals surface area contributed by atoms with Crippen molar-refractivity contribution in [2.24, 2.45) is 4.99 Å². The zero-order valence-electron chi connectivity index (χ0n) is 14.5. The zero-order valence-corrected chi connectivity index (χ0v) is 18.4. The molecule has 2 heterocycles. The Bertz CT molecular complexity index is 680. The van der Waals surface area contributed by atoms with Crippen LogP contribution in [0.3, 0.4) is 0 Å². The molecule has 0 saturated carbocycles. The van der Waals surface area contributed by atoms with Crippen molar-refractivity contribution in [1.29, 1.82) is 0 Å². The highest BCUT2D eigenvalue weighted by molar-refractivity contribution is 14.0. The van der Waals surface area contributed by atoms with E-state index >= 15 is 0 Å². The van der Waals surface area contributed by atoms with Crippen molar-refractivity contribution < 1.29 is 4.74 Å². The van der Waals surface area contributed by atoms with Gasteiger partial charge in [-0.15, -0.1) is 35.3 Å². The van der Waals surface area contributed by atoms with E-state index in [-0.39, 0.29) is 24.0 Å². The molecule has 0 aliphatic carbocycles. The topological polar surface area (TPSA) is 71.4 Å². The number of nitrogens with one attached hydrogen (secondary N) is 2. The third-order valence-electron chi connectivity index (χ3n) is 3.15. The summed E-state index contributed by atoms with van der Waals surface area (Å²) in [5.41, 5.74) is 1.13. The second-order valence-electron chi connectivity index (χ2n) is 5.31. The van der Waals surface area contributed by atoms with Crippen LogP contribution in [-0.4, -0.2) is 36.1 Å². The number of hydrogen-bond donors (Lipinski definition) is 2. The van der Waals surface area contributed by atoms with Gasteiger partial charge in [-0.25, -0.2) is 9.97 Å². The molecule has 0 fully saturated rings. The van der Waals surface area contributed by atoms with Crippen LogP contribution in [0.1, 0.15) is 30.5 Å². The number of hydrogen-bond acceptors (Lipinski definition) is 5. The first-order valence-corrected chi connectivity index (χ1v) is 8.98. The van der Waals surface area contributed by atoms with Crippen LogP contribution in [0.25, 0.3) is 0 Å². The number of halogens is 2. The Kier molecular flexibility index (Phi) is 10.1. The molecule has 2 rings (SSSR count). The largest absolute Gasteiger partial charge is 0.475 e. The van der Waals surface area contributed by atoms with Crippen LogP contribution in [0.4, 0.5) is 0 Å². The standard InChI is InChI=1S/C16H22ClN5OS.HI/c1-11(2)13-10-24-14(22-13)9-21-16(18-3)20-7-8-23-15-12(17)5-4-6-19-15;/h4-6,10-11H,7-9H2,1-3H3,(H2,18,20,21);1H. The van der Waals surface area contributed by atoms with Crippen molar-refractivity contribution >= 4 is 52.9 Å². The fourth-order valence-electron chi connectivity index (χ4n) is 1.85. The molecular formula is C16H23ClIN5OS. The van der Waals surface area contributed by atoms with E-state index < -0.39 is 0 Å². The summed E-state index contributed by atoms with van der Waals surface area (Å²) >= 11 is 7.64. The molecule has 0 atom stereocenters. The van der Waals surface area contributed by atoms with Crippen molar-refractivity contribution in [3.63, 3.8) is 0 Å². The summed E-state index contributed by atoms with van der Waals surface area (Å²) in [4.78, 5) is 12.8. The van der Waals surface area contributed by atoms with Crippen LogP contribution < -0.4 is 15.4 Å². The fraction of sp³-hybridized carbons (Fsp3) is 0.438. The molecule has 0 bridgehead atoms. The highest BCUT2D eigenvalue weighted by Crippen LogP contribution is 2.19. The maximum absolute atomic E-state index is 5.98. The summed E-state index contributed by atoms with van der Waals surface area (Å²) in [7, 11) is 1.73. The molecule has 0 radical (unpaired) electrons. The number of nitrogens with zero attached hydrogens (tertiary/aromatic N) is 3. The van der Waals surface area contributed by atoms with Gasteiger partial charge in [-0.1, -0.05) is 25.4 Å². The maximum Gasteiger partial charge on any atom is 0.232 e. The maximum atomic E-state index is 5.98. The van der Waals surface area contributed by atoms with E-state index in [4.69, 9.17) is 16.3 Å². The van der Waals surface area contributed by atoms with Crippen molar-refractivity contribution in [2.75, 3.05) is 20.2 Å². The van der Waals surface area contributed by atoms with Crippen molar-refractivity contribution in [1.82, 2.24) is 20.6 Å². The summed E-state index contributed by atoms with van der Waals surface area (Å²) in [6, 6.07) is 3.51. The van der Waals surface area contributed by atoms with Crippen molar-refractivity contribution in [2.45, 2.75) is 26.3 Å². The van der Waals surface area contributed by atoms with Crippen LogP contribution in [0, 0.1) is 0 Å². The lowest BCUT2D eigenvalue weighted by molar-refractivity contribution is 0.310. The summed E-state index contributed by atoms with van der Waals surface area (Å²) in [6.45, 7) is 5.94. The molecule has 0 saturated heterocycles. The van der Waals surface area contributed by atoms with E-state index in [9.17, 15) is 0 Å². The first-order valence-electron chi connectivity index (χ1n) is 7.72. The van der Waals surface area contributed by atoms with E-state index in [0.717, 1.165) is 10.7 Å². The van der Waals surface area contributed by atoms with Gasteiger partial charge in [0.25, 0.3) is 0 Å².